The lowest BCUT2D eigenvalue weighted by Crippen LogP contribution is -2.08. The van der Waals surface area contributed by atoms with Gasteiger partial charge in [-0.15, -0.1) is 10.2 Å². The van der Waals surface area contributed by atoms with Gasteiger partial charge in [0.05, 0.1) is 25.0 Å². The van der Waals surface area contributed by atoms with Crippen LogP contribution in [0, 0.1) is 0 Å². The number of methoxy groups -OCH3 is 1. The second-order valence-electron chi connectivity index (χ2n) is 4.88. The van der Waals surface area contributed by atoms with E-state index in [4.69, 9.17) is 4.74 Å². The van der Waals surface area contributed by atoms with Crippen LogP contribution in [-0.2, 0) is 6.54 Å². The number of fused-ring (bicyclic) bond motifs is 5. The molecular weight excluding hydrogens is 286 g/mol. The summed E-state index contributed by atoms with van der Waals surface area (Å²) in [6, 6.07) is 5.52. The normalized spacial score (nSPS) is 12.0. The molecule has 0 unspecified atom stereocenters. The monoisotopic (exact) mass is 297 g/mol. The van der Waals surface area contributed by atoms with Gasteiger partial charge in [-0.05, 0) is 18.2 Å². The highest BCUT2D eigenvalue weighted by Crippen LogP contribution is 2.33. The van der Waals surface area contributed by atoms with Crippen molar-refractivity contribution in [2.45, 2.75) is 6.54 Å². The minimum atomic E-state index is -1.06. The van der Waals surface area contributed by atoms with Crippen molar-refractivity contribution in [1.29, 1.82) is 0 Å². The largest absolute Gasteiger partial charge is 0.497 e. The highest BCUT2D eigenvalue weighted by Gasteiger charge is 2.26. The first kappa shape index (κ1) is 12.6. The molecule has 22 heavy (non-hydrogen) atoms. The first-order valence-electron chi connectivity index (χ1n) is 6.55. The van der Waals surface area contributed by atoms with Gasteiger partial charge < -0.3 is 14.4 Å². The van der Waals surface area contributed by atoms with Crippen molar-refractivity contribution in [1.82, 2.24) is 24.3 Å². The number of benzene rings is 1. The van der Waals surface area contributed by atoms with Crippen LogP contribution in [0.5, 0.6) is 5.75 Å². The van der Waals surface area contributed by atoms with E-state index in [-0.39, 0.29) is 5.69 Å². The lowest BCUT2D eigenvalue weighted by atomic mass is 10.1. The molecule has 0 aliphatic carbocycles. The zero-order chi connectivity index (χ0) is 15.3. The molecule has 8 heteroatoms. The Morgan fingerprint density at radius 2 is 2.23 bits per heavy atom. The first-order valence-corrected chi connectivity index (χ1v) is 6.55. The molecule has 0 spiro atoms. The third kappa shape index (κ3) is 1.63. The molecule has 0 bridgehead atoms. The molecule has 0 saturated heterocycles. The summed E-state index contributed by atoms with van der Waals surface area (Å²) in [5, 5.41) is 17.4. The Hall–Kier alpha value is -3.16. The molecule has 3 aromatic rings. The van der Waals surface area contributed by atoms with E-state index in [1.165, 1.54) is 6.33 Å². The Morgan fingerprint density at radius 3 is 3.00 bits per heavy atom. The Bertz CT molecular complexity index is 896. The van der Waals surface area contributed by atoms with Crippen molar-refractivity contribution in [3.63, 3.8) is 0 Å². The summed E-state index contributed by atoms with van der Waals surface area (Å²) in [4.78, 5) is 15.4. The summed E-state index contributed by atoms with van der Waals surface area (Å²) < 4.78 is 8.84. The van der Waals surface area contributed by atoms with Gasteiger partial charge >= 0.3 is 5.97 Å². The second-order valence-corrected chi connectivity index (χ2v) is 4.88. The van der Waals surface area contributed by atoms with Gasteiger partial charge in [-0.1, -0.05) is 0 Å². The third-order valence-electron chi connectivity index (χ3n) is 3.71. The Kier molecular flexibility index (Phi) is 2.52. The van der Waals surface area contributed by atoms with E-state index in [2.05, 4.69) is 15.2 Å². The molecular formula is C14H11N5O3. The van der Waals surface area contributed by atoms with Crippen molar-refractivity contribution in [2.75, 3.05) is 7.11 Å². The minimum Gasteiger partial charge on any atom is -0.497 e. The van der Waals surface area contributed by atoms with Gasteiger partial charge in [0.15, 0.2) is 11.5 Å². The predicted octanol–water partition coefficient (Wildman–Crippen LogP) is 1.20. The molecule has 4 rings (SSSR count). The van der Waals surface area contributed by atoms with Crippen LogP contribution in [0.4, 0.5) is 0 Å². The lowest BCUT2D eigenvalue weighted by molar-refractivity contribution is 0.0689. The SMILES string of the molecule is COc1ccc2c(c1)-c1nncn1Cc1c(C(=O)O)ncn1-2. The molecule has 1 aliphatic rings. The van der Waals surface area contributed by atoms with Gasteiger partial charge in [0.25, 0.3) is 0 Å². The van der Waals surface area contributed by atoms with E-state index in [1.807, 2.05) is 18.2 Å². The van der Waals surface area contributed by atoms with Gasteiger partial charge in [-0.25, -0.2) is 9.78 Å². The van der Waals surface area contributed by atoms with Crippen LogP contribution >= 0.6 is 0 Å². The molecule has 0 radical (unpaired) electrons. The second kappa shape index (κ2) is 4.42. The molecule has 1 N–H and O–H groups in total. The number of rotatable bonds is 2. The van der Waals surface area contributed by atoms with Crippen LogP contribution in [0.2, 0.25) is 0 Å². The van der Waals surface area contributed by atoms with Crippen LogP contribution in [-0.4, -0.2) is 42.5 Å². The fraction of sp³-hybridized carbons (Fsp3) is 0.143. The molecule has 110 valence electrons. The van der Waals surface area contributed by atoms with Gasteiger partial charge in [-0.2, -0.15) is 0 Å². The smallest absolute Gasteiger partial charge is 0.356 e. The standard InChI is InChI=1S/C14H11N5O3/c1-22-8-2-3-10-9(4-8)13-17-16-7-18(13)5-11-12(14(20)21)15-6-19(10)11/h2-4,6-7H,5H2,1H3,(H,20,21). The molecule has 8 nitrogen and oxygen atoms in total. The summed E-state index contributed by atoms with van der Waals surface area (Å²) in [7, 11) is 1.59. The highest BCUT2D eigenvalue weighted by molar-refractivity contribution is 5.87. The van der Waals surface area contributed by atoms with E-state index < -0.39 is 5.97 Å². The number of hydrogen-bond acceptors (Lipinski definition) is 5. The summed E-state index contributed by atoms with van der Waals surface area (Å²) >= 11 is 0. The van der Waals surface area contributed by atoms with Crippen LogP contribution in [0.25, 0.3) is 17.1 Å². The van der Waals surface area contributed by atoms with E-state index in [0.717, 1.165) is 11.3 Å². The summed E-state index contributed by atoms with van der Waals surface area (Å²) in [6.07, 6.45) is 3.09. The molecule has 2 aromatic heterocycles. The number of imidazole rings is 1. The zero-order valence-corrected chi connectivity index (χ0v) is 11.6. The number of nitrogens with zero attached hydrogens (tertiary/aromatic N) is 5. The van der Waals surface area contributed by atoms with Gasteiger partial charge in [-0.3, -0.25) is 4.57 Å². The minimum absolute atomic E-state index is 0.0309. The lowest BCUT2D eigenvalue weighted by Gasteiger charge is -2.09. The number of ether oxygens (including phenoxy) is 1. The van der Waals surface area contributed by atoms with Crippen molar-refractivity contribution < 1.29 is 14.6 Å². The molecule has 0 saturated carbocycles. The number of aromatic carboxylic acids is 1. The summed E-state index contributed by atoms with van der Waals surface area (Å²) in [5.74, 6) is 0.296. The maximum atomic E-state index is 11.4. The van der Waals surface area contributed by atoms with Crippen LogP contribution in [0.1, 0.15) is 16.2 Å². The van der Waals surface area contributed by atoms with Gasteiger partial charge in [0.2, 0.25) is 0 Å². The van der Waals surface area contributed by atoms with Crippen LogP contribution < -0.4 is 4.74 Å². The summed E-state index contributed by atoms with van der Waals surface area (Å²) in [5.41, 5.74) is 2.22. The maximum absolute atomic E-state index is 11.4. The van der Waals surface area contributed by atoms with E-state index in [9.17, 15) is 9.90 Å². The maximum Gasteiger partial charge on any atom is 0.356 e. The summed E-state index contributed by atoms with van der Waals surface area (Å²) in [6.45, 7) is 0.334. The molecule has 0 amide bonds. The Labute approximate surface area is 124 Å². The topological polar surface area (TPSA) is 95.1 Å². The Morgan fingerprint density at radius 1 is 1.36 bits per heavy atom. The number of aromatic nitrogens is 5. The molecule has 3 heterocycles. The number of carboxylic acid groups (broad SMARTS) is 1. The van der Waals surface area contributed by atoms with Crippen molar-refractivity contribution >= 4 is 5.97 Å². The molecule has 0 atom stereocenters. The van der Waals surface area contributed by atoms with E-state index in [1.54, 1.807) is 22.6 Å². The van der Waals surface area contributed by atoms with E-state index >= 15 is 0 Å². The highest BCUT2D eigenvalue weighted by atomic mass is 16.5. The fourth-order valence-corrected chi connectivity index (χ4v) is 2.68. The Balaban J connectivity index is 2.06. The van der Waals surface area contributed by atoms with Gasteiger partial charge in [0.1, 0.15) is 18.4 Å². The molecule has 0 fully saturated rings. The fourth-order valence-electron chi connectivity index (χ4n) is 2.68. The van der Waals surface area contributed by atoms with Crippen molar-refractivity contribution in [3.8, 4) is 22.8 Å². The average Bonchev–Trinajstić information content (AvgIpc) is 3.12. The van der Waals surface area contributed by atoms with Crippen molar-refractivity contribution in [2.24, 2.45) is 0 Å². The van der Waals surface area contributed by atoms with Gasteiger partial charge in [0, 0.05) is 5.56 Å². The quantitative estimate of drug-likeness (QED) is 0.597. The van der Waals surface area contributed by atoms with Crippen molar-refractivity contribution in [3.05, 3.63) is 42.2 Å². The number of carbonyl (C=O) groups is 1. The zero-order valence-electron chi connectivity index (χ0n) is 11.6. The van der Waals surface area contributed by atoms with Crippen LogP contribution in [0.15, 0.2) is 30.9 Å². The number of hydrogen-bond donors (Lipinski definition) is 1. The first-order chi connectivity index (χ1) is 10.7. The average molecular weight is 297 g/mol. The molecule has 1 aliphatic heterocycles. The third-order valence-corrected chi connectivity index (χ3v) is 3.71. The number of carboxylic acids is 1. The predicted molar refractivity (Wildman–Crippen MR) is 75.2 cm³/mol. The van der Waals surface area contributed by atoms with Crippen LogP contribution in [0.3, 0.4) is 0 Å². The van der Waals surface area contributed by atoms with E-state index in [0.29, 0.717) is 23.8 Å². The molecule has 1 aromatic carbocycles.